The second kappa shape index (κ2) is 7.85. The van der Waals surface area contributed by atoms with Gasteiger partial charge in [-0.2, -0.15) is 0 Å². The smallest absolute Gasteiger partial charge is 0.344 e. The van der Waals surface area contributed by atoms with Crippen molar-refractivity contribution in [3.8, 4) is 11.1 Å². The first-order valence-corrected chi connectivity index (χ1v) is 10.5. The normalized spacial score (nSPS) is 11.0. The van der Waals surface area contributed by atoms with Gasteiger partial charge in [0.1, 0.15) is 5.58 Å². The lowest BCUT2D eigenvalue weighted by Crippen LogP contribution is -2.12. The average Bonchev–Trinajstić information content (AvgIpc) is 2.79. The summed E-state index contributed by atoms with van der Waals surface area (Å²) in [6.45, 7) is 0. The van der Waals surface area contributed by atoms with Crippen LogP contribution in [0.2, 0.25) is 0 Å². The summed E-state index contributed by atoms with van der Waals surface area (Å²) in [5, 5.41) is 5.62. The van der Waals surface area contributed by atoms with Crippen molar-refractivity contribution in [2.75, 3.05) is 5.32 Å². The Morgan fingerprint density at radius 1 is 0.806 bits per heavy atom. The molecule has 0 aliphatic carbocycles. The Morgan fingerprint density at radius 3 is 2.48 bits per heavy atom. The molecule has 0 radical (unpaired) electrons. The molecule has 0 atom stereocenters. The topological polar surface area (TPSA) is 59.3 Å². The number of para-hydroxylation sites is 1. The molecule has 1 amide bonds. The molecular weight excluding hydrogens is 454 g/mol. The molecule has 31 heavy (non-hydrogen) atoms. The summed E-state index contributed by atoms with van der Waals surface area (Å²) >= 11 is 3.54. The van der Waals surface area contributed by atoms with Gasteiger partial charge in [-0.05, 0) is 52.7 Å². The molecule has 0 saturated carbocycles. The molecule has 5 rings (SSSR count). The van der Waals surface area contributed by atoms with Crippen LogP contribution in [0.25, 0.3) is 32.9 Å². The molecule has 5 aromatic rings. The van der Waals surface area contributed by atoms with Gasteiger partial charge in [-0.15, -0.1) is 0 Å². The quantitative estimate of drug-likeness (QED) is 0.301. The first-order valence-electron chi connectivity index (χ1n) is 9.72. The van der Waals surface area contributed by atoms with Crippen molar-refractivity contribution in [2.24, 2.45) is 0 Å². The highest BCUT2D eigenvalue weighted by molar-refractivity contribution is 9.10. The number of benzene rings is 4. The molecule has 1 heterocycles. The molecule has 1 aromatic heterocycles. The Bertz CT molecular complexity index is 1520. The largest absolute Gasteiger partial charge is 0.422 e. The third-order valence-electron chi connectivity index (χ3n) is 5.19. The number of carbonyl (C=O) groups is 1. The minimum Gasteiger partial charge on any atom is -0.422 e. The van der Waals surface area contributed by atoms with E-state index in [9.17, 15) is 9.59 Å². The Morgan fingerprint density at radius 2 is 1.58 bits per heavy atom. The summed E-state index contributed by atoms with van der Waals surface area (Å²) in [6.07, 6.45) is 0. The first-order chi connectivity index (χ1) is 15.1. The maximum Gasteiger partial charge on any atom is 0.344 e. The average molecular weight is 470 g/mol. The van der Waals surface area contributed by atoms with Gasteiger partial charge in [0.05, 0.1) is 5.56 Å². The number of amides is 1. The van der Waals surface area contributed by atoms with E-state index in [0.717, 1.165) is 20.6 Å². The van der Waals surface area contributed by atoms with E-state index in [1.54, 1.807) is 30.3 Å². The monoisotopic (exact) mass is 469 g/mol. The summed E-state index contributed by atoms with van der Waals surface area (Å²) in [5.74, 6) is -0.216. The fraction of sp³-hybridized carbons (Fsp3) is 0. The molecule has 0 saturated heterocycles. The fourth-order valence-electron chi connectivity index (χ4n) is 3.70. The third-order valence-corrected chi connectivity index (χ3v) is 5.88. The van der Waals surface area contributed by atoms with Crippen molar-refractivity contribution in [1.29, 1.82) is 0 Å². The van der Waals surface area contributed by atoms with E-state index in [1.165, 1.54) is 0 Å². The molecule has 150 valence electrons. The van der Waals surface area contributed by atoms with Crippen LogP contribution in [-0.2, 0) is 0 Å². The van der Waals surface area contributed by atoms with Gasteiger partial charge in [-0.3, -0.25) is 4.79 Å². The van der Waals surface area contributed by atoms with Crippen LogP contribution in [0, 0.1) is 0 Å². The predicted octanol–water partition coefficient (Wildman–Crippen LogP) is 6.63. The van der Waals surface area contributed by atoms with Crippen molar-refractivity contribution < 1.29 is 9.21 Å². The van der Waals surface area contributed by atoms with Crippen molar-refractivity contribution in [1.82, 2.24) is 0 Å². The Hall–Kier alpha value is -3.70. The molecule has 0 bridgehead atoms. The van der Waals surface area contributed by atoms with Crippen LogP contribution in [0.3, 0.4) is 0 Å². The van der Waals surface area contributed by atoms with Crippen LogP contribution in [-0.4, -0.2) is 5.91 Å². The molecular formula is C26H16BrNO3. The summed E-state index contributed by atoms with van der Waals surface area (Å²) in [6, 6.07) is 27.8. The van der Waals surface area contributed by atoms with Gasteiger partial charge in [0.2, 0.25) is 0 Å². The lowest BCUT2D eigenvalue weighted by Gasteiger charge is -2.10. The fourth-order valence-corrected chi connectivity index (χ4v) is 4.19. The number of nitrogens with one attached hydrogen (secondary N) is 1. The van der Waals surface area contributed by atoms with Gasteiger partial charge in [-0.25, -0.2) is 4.79 Å². The first kappa shape index (κ1) is 19.3. The van der Waals surface area contributed by atoms with E-state index >= 15 is 0 Å². The van der Waals surface area contributed by atoms with Gasteiger partial charge in [0.25, 0.3) is 5.91 Å². The number of hydrogen-bond donors (Lipinski definition) is 1. The predicted molar refractivity (Wildman–Crippen MR) is 128 cm³/mol. The molecule has 0 fully saturated rings. The van der Waals surface area contributed by atoms with Crippen LogP contribution < -0.4 is 10.9 Å². The van der Waals surface area contributed by atoms with Crippen molar-refractivity contribution in [3.05, 3.63) is 111 Å². The number of fused-ring (bicyclic) bond motifs is 2. The zero-order chi connectivity index (χ0) is 21.4. The van der Waals surface area contributed by atoms with E-state index in [2.05, 4.69) is 21.2 Å². The highest BCUT2D eigenvalue weighted by Gasteiger charge is 2.13. The van der Waals surface area contributed by atoms with E-state index < -0.39 is 5.63 Å². The summed E-state index contributed by atoms with van der Waals surface area (Å²) < 4.78 is 6.38. The minimum absolute atomic E-state index is 0.216. The number of anilines is 1. The van der Waals surface area contributed by atoms with E-state index in [-0.39, 0.29) is 5.91 Å². The van der Waals surface area contributed by atoms with Crippen LogP contribution in [0.15, 0.2) is 105 Å². The van der Waals surface area contributed by atoms with Gasteiger partial charge in [0, 0.05) is 21.1 Å². The van der Waals surface area contributed by atoms with E-state index in [0.29, 0.717) is 28.0 Å². The zero-order valence-corrected chi connectivity index (χ0v) is 17.8. The maximum absolute atomic E-state index is 13.0. The van der Waals surface area contributed by atoms with Crippen molar-refractivity contribution >= 4 is 49.3 Å². The molecule has 0 unspecified atom stereocenters. The van der Waals surface area contributed by atoms with Crippen LogP contribution in [0.1, 0.15) is 10.4 Å². The molecule has 4 aromatic carbocycles. The third kappa shape index (κ3) is 3.64. The minimum atomic E-state index is -0.416. The number of hydrogen-bond acceptors (Lipinski definition) is 3. The number of carbonyl (C=O) groups excluding carboxylic acids is 1. The second-order valence-corrected chi connectivity index (χ2v) is 8.02. The van der Waals surface area contributed by atoms with Gasteiger partial charge in [-0.1, -0.05) is 70.5 Å². The van der Waals surface area contributed by atoms with Gasteiger partial charge < -0.3 is 9.73 Å². The standard InChI is InChI=1S/C26H16BrNO3/c27-23-12-5-9-19-20(23)10-4-11-21(19)25(29)28-18-8-3-7-16(14-18)22-15-17-6-1-2-13-24(17)31-26(22)30/h1-15H,(H,28,29). The van der Waals surface area contributed by atoms with Crippen LogP contribution in [0.4, 0.5) is 5.69 Å². The zero-order valence-electron chi connectivity index (χ0n) is 16.3. The second-order valence-electron chi connectivity index (χ2n) is 7.16. The molecule has 0 aliphatic heterocycles. The molecule has 5 heteroatoms. The molecule has 1 N–H and O–H groups in total. The highest BCUT2D eigenvalue weighted by atomic mass is 79.9. The SMILES string of the molecule is O=C(Nc1cccc(-c2cc3ccccc3oc2=O)c1)c1cccc2c(Br)cccc12. The maximum atomic E-state index is 13.0. The Labute approximate surface area is 186 Å². The van der Waals surface area contributed by atoms with Crippen LogP contribution >= 0.6 is 15.9 Å². The lowest BCUT2D eigenvalue weighted by atomic mass is 10.0. The molecule has 0 aliphatic rings. The van der Waals surface area contributed by atoms with E-state index in [1.807, 2.05) is 60.7 Å². The van der Waals surface area contributed by atoms with Gasteiger partial charge in [0.15, 0.2) is 0 Å². The van der Waals surface area contributed by atoms with E-state index in [4.69, 9.17) is 4.42 Å². The number of rotatable bonds is 3. The lowest BCUT2D eigenvalue weighted by molar-refractivity contribution is 0.102. The Kier molecular flexibility index (Phi) is 4.88. The molecule has 0 spiro atoms. The van der Waals surface area contributed by atoms with Crippen molar-refractivity contribution in [2.45, 2.75) is 0 Å². The summed E-state index contributed by atoms with van der Waals surface area (Å²) in [5.41, 5.74) is 2.43. The summed E-state index contributed by atoms with van der Waals surface area (Å²) in [4.78, 5) is 25.5. The van der Waals surface area contributed by atoms with Crippen molar-refractivity contribution in [3.63, 3.8) is 0 Å². The highest BCUT2D eigenvalue weighted by Crippen LogP contribution is 2.28. The van der Waals surface area contributed by atoms with Gasteiger partial charge >= 0.3 is 5.63 Å². The molecule has 4 nitrogen and oxygen atoms in total. The summed E-state index contributed by atoms with van der Waals surface area (Å²) in [7, 11) is 0. The Balaban J connectivity index is 1.51. The number of halogens is 1. The van der Waals surface area contributed by atoms with Crippen LogP contribution in [0.5, 0.6) is 0 Å².